The number of benzene rings is 4. The molecule has 4 rings (SSSR count). The Kier molecular flexibility index (Phi) is 10.8. The molecule has 0 bridgehead atoms. The third-order valence-corrected chi connectivity index (χ3v) is 10.9. The first-order valence-electron chi connectivity index (χ1n) is 14.6. The first kappa shape index (κ1) is 31.3. The van der Waals surface area contributed by atoms with E-state index in [0.717, 1.165) is 49.7 Å². The summed E-state index contributed by atoms with van der Waals surface area (Å²) in [4.78, 5) is 0.546. The summed E-state index contributed by atoms with van der Waals surface area (Å²) in [5, 5.41) is 0. The number of unbranched alkanes of at least 4 members (excludes halogenated alkanes) is 4. The molecule has 4 aromatic carbocycles. The number of hydrogen-bond acceptors (Lipinski definition) is 4. The molecule has 0 spiro atoms. The number of hydrogen-bond donors (Lipinski definition) is 0. The van der Waals surface area contributed by atoms with E-state index in [0.29, 0.717) is 24.5 Å². The molecule has 0 aliphatic rings. The molecule has 0 aliphatic carbocycles. The van der Waals surface area contributed by atoms with Gasteiger partial charge < -0.3 is 0 Å². The lowest BCUT2D eigenvalue weighted by molar-refractivity contribution is 0.585. The zero-order valence-corrected chi connectivity index (χ0v) is 26.0. The molecule has 0 saturated heterocycles. The highest BCUT2D eigenvalue weighted by Gasteiger charge is 2.26. The van der Waals surface area contributed by atoms with Crippen molar-refractivity contribution in [3.63, 3.8) is 0 Å². The van der Waals surface area contributed by atoms with E-state index < -0.39 is 20.0 Å². The van der Waals surface area contributed by atoms with Crippen molar-refractivity contribution in [3.05, 3.63) is 109 Å². The van der Waals surface area contributed by atoms with Crippen LogP contribution in [0.15, 0.2) is 119 Å². The summed E-state index contributed by atoms with van der Waals surface area (Å²) in [5.74, 6) is 0. The predicted molar refractivity (Wildman–Crippen MR) is 173 cm³/mol. The van der Waals surface area contributed by atoms with Crippen molar-refractivity contribution >= 4 is 31.4 Å². The molecule has 0 radical (unpaired) electrons. The Morgan fingerprint density at radius 3 is 1.10 bits per heavy atom. The standard InChI is InChI=1S/C34H40N2O4S2/c1-3-5-13-27-35(41(37,38)33-15-9-7-10-16-33)31-23-19-29(20-24-31)30-21-25-32(26-22-30)36(28-14-6-4-2)42(39,40)34-17-11-8-12-18-34/h7-12,15-26H,3-6,13-14,27-28H2,1-2H3. The van der Waals surface area contributed by atoms with Gasteiger partial charge in [0, 0.05) is 13.1 Å². The van der Waals surface area contributed by atoms with E-state index in [1.54, 1.807) is 48.5 Å². The van der Waals surface area contributed by atoms with Crippen LogP contribution in [0.5, 0.6) is 0 Å². The third-order valence-electron chi connectivity index (χ3n) is 7.24. The van der Waals surface area contributed by atoms with Gasteiger partial charge in [0.05, 0.1) is 21.2 Å². The van der Waals surface area contributed by atoms with E-state index in [2.05, 4.69) is 13.8 Å². The van der Waals surface area contributed by atoms with Crippen LogP contribution in [0.3, 0.4) is 0 Å². The van der Waals surface area contributed by atoms with Gasteiger partial charge in [-0.1, -0.05) is 100 Å². The molecule has 222 valence electrons. The van der Waals surface area contributed by atoms with Gasteiger partial charge in [-0.15, -0.1) is 0 Å². The summed E-state index contributed by atoms with van der Waals surface area (Å²) in [7, 11) is -7.41. The SMILES string of the molecule is CCCCCN(c1ccc(-c2ccc(N(CCCCC)S(=O)(=O)c3ccccc3)cc2)cc1)S(=O)(=O)c1ccccc1. The van der Waals surface area contributed by atoms with Gasteiger partial charge >= 0.3 is 0 Å². The Balaban J connectivity index is 1.60. The molecule has 6 nitrogen and oxygen atoms in total. The molecule has 0 fully saturated rings. The van der Waals surface area contributed by atoms with Crippen molar-refractivity contribution in [2.75, 3.05) is 21.7 Å². The van der Waals surface area contributed by atoms with Crippen LogP contribution in [0.1, 0.15) is 52.4 Å². The summed E-state index contributed by atoms with van der Waals surface area (Å²) < 4.78 is 57.1. The molecule has 4 aromatic rings. The smallest absolute Gasteiger partial charge is 0.264 e. The molecule has 0 heterocycles. The van der Waals surface area contributed by atoms with Crippen LogP contribution < -0.4 is 8.61 Å². The van der Waals surface area contributed by atoms with Crippen molar-refractivity contribution in [2.24, 2.45) is 0 Å². The number of rotatable bonds is 15. The van der Waals surface area contributed by atoms with Gasteiger partial charge in [0.15, 0.2) is 0 Å². The number of nitrogens with zero attached hydrogens (tertiary/aromatic N) is 2. The van der Waals surface area contributed by atoms with Crippen LogP contribution in [0, 0.1) is 0 Å². The lowest BCUT2D eigenvalue weighted by Crippen LogP contribution is -2.32. The number of anilines is 2. The topological polar surface area (TPSA) is 74.8 Å². The number of sulfonamides is 2. The van der Waals surface area contributed by atoms with E-state index in [4.69, 9.17) is 0 Å². The Hall–Kier alpha value is -3.62. The second kappa shape index (κ2) is 14.5. The van der Waals surface area contributed by atoms with Gasteiger partial charge in [-0.2, -0.15) is 0 Å². The van der Waals surface area contributed by atoms with Crippen molar-refractivity contribution in [2.45, 2.75) is 62.2 Å². The largest absolute Gasteiger partial charge is 0.266 e. The van der Waals surface area contributed by atoms with Crippen LogP contribution in [-0.2, 0) is 20.0 Å². The molecule has 0 amide bonds. The highest BCUT2D eigenvalue weighted by atomic mass is 32.2. The quantitative estimate of drug-likeness (QED) is 0.128. The molecule has 42 heavy (non-hydrogen) atoms. The highest BCUT2D eigenvalue weighted by molar-refractivity contribution is 7.93. The van der Waals surface area contributed by atoms with Crippen LogP contribution >= 0.6 is 0 Å². The highest BCUT2D eigenvalue weighted by Crippen LogP contribution is 2.30. The summed E-state index contributed by atoms with van der Waals surface area (Å²) in [5.41, 5.74) is 3.07. The second-order valence-corrected chi connectivity index (χ2v) is 14.0. The molecular weight excluding hydrogens is 565 g/mol. The van der Waals surface area contributed by atoms with Crippen molar-refractivity contribution < 1.29 is 16.8 Å². The molecule has 0 saturated carbocycles. The van der Waals surface area contributed by atoms with Gasteiger partial charge in [-0.05, 0) is 72.5 Å². The predicted octanol–water partition coefficient (Wildman–Crippen LogP) is 8.12. The van der Waals surface area contributed by atoms with E-state index in [1.807, 2.05) is 60.7 Å². The Bertz CT molecular complexity index is 1480. The molecule has 0 N–H and O–H groups in total. The fraction of sp³-hybridized carbons (Fsp3) is 0.294. The first-order valence-corrected chi connectivity index (χ1v) is 17.5. The minimum absolute atomic E-state index is 0.273. The zero-order valence-electron chi connectivity index (χ0n) is 24.4. The Labute approximate surface area is 251 Å². The third kappa shape index (κ3) is 7.41. The van der Waals surface area contributed by atoms with Crippen LogP contribution in [0.4, 0.5) is 11.4 Å². The van der Waals surface area contributed by atoms with E-state index >= 15 is 0 Å². The molecule has 0 aliphatic heterocycles. The molecule has 0 unspecified atom stereocenters. The maximum atomic E-state index is 13.5. The van der Waals surface area contributed by atoms with Crippen molar-refractivity contribution in [1.82, 2.24) is 0 Å². The lowest BCUT2D eigenvalue weighted by Gasteiger charge is -2.25. The van der Waals surface area contributed by atoms with Gasteiger partial charge in [0.2, 0.25) is 0 Å². The van der Waals surface area contributed by atoms with Gasteiger partial charge in [-0.3, -0.25) is 8.61 Å². The fourth-order valence-corrected chi connectivity index (χ4v) is 7.92. The summed E-state index contributed by atoms with van der Waals surface area (Å²) in [6.07, 6.45) is 5.42. The van der Waals surface area contributed by atoms with Crippen LogP contribution in [-0.4, -0.2) is 29.9 Å². The maximum Gasteiger partial charge on any atom is 0.264 e. The molecule has 0 aromatic heterocycles. The van der Waals surface area contributed by atoms with Crippen molar-refractivity contribution in [1.29, 1.82) is 0 Å². The van der Waals surface area contributed by atoms with E-state index in [9.17, 15) is 16.8 Å². The summed E-state index contributed by atoms with van der Waals surface area (Å²) >= 11 is 0. The fourth-order valence-electron chi connectivity index (χ4n) is 4.87. The van der Waals surface area contributed by atoms with Crippen molar-refractivity contribution in [3.8, 4) is 11.1 Å². The monoisotopic (exact) mass is 604 g/mol. The zero-order chi connectivity index (χ0) is 30.0. The molecule has 0 atom stereocenters. The Morgan fingerprint density at radius 2 is 0.786 bits per heavy atom. The average molecular weight is 605 g/mol. The van der Waals surface area contributed by atoms with Gasteiger partial charge in [-0.25, -0.2) is 16.8 Å². The van der Waals surface area contributed by atoms with Crippen LogP contribution in [0.2, 0.25) is 0 Å². The normalized spacial score (nSPS) is 11.8. The average Bonchev–Trinajstić information content (AvgIpc) is 3.02. The van der Waals surface area contributed by atoms with Gasteiger partial charge in [0.25, 0.3) is 20.0 Å². The summed E-state index contributed by atoms with van der Waals surface area (Å²) in [6.45, 7) is 5.00. The minimum atomic E-state index is -3.70. The minimum Gasteiger partial charge on any atom is -0.266 e. The van der Waals surface area contributed by atoms with Crippen LogP contribution in [0.25, 0.3) is 11.1 Å². The lowest BCUT2D eigenvalue weighted by atomic mass is 10.0. The molecule has 8 heteroatoms. The van der Waals surface area contributed by atoms with E-state index in [1.165, 1.54) is 8.61 Å². The van der Waals surface area contributed by atoms with E-state index in [-0.39, 0.29) is 9.79 Å². The second-order valence-electron chi connectivity index (χ2n) is 10.3. The summed E-state index contributed by atoms with van der Waals surface area (Å²) in [6, 6.07) is 32.1. The molecular formula is C34H40N2O4S2. The first-order chi connectivity index (χ1) is 20.3. The maximum absolute atomic E-state index is 13.5. The van der Waals surface area contributed by atoms with Gasteiger partial charge in [0.1, 0.15) is 0 Å². The Morgan fingerprint density at radius 1 is 0.452 bits per heavy atom.